The molecule has 1 aliphatic heterocycles. The normalized spacial score (nSPS) is 26.5. The van der Waals surface area contributed by atoms with Gasteiger partial charge in [0.1, 0.15) is 5.76 Å². The lowest BCUT2D eigenvalue weighted by atomic mass is 9.94. The Balaban J connectivity index is 2.40. The van der Waals surface area contributed by atoms with Gasteiger partial charge in [0.2, 0.25) is 0 Å². The number of rotatable bonds is 0. The van der Waals surface area contributed by atoms with Gasteiger partial charge in [-0.15, -0.1) is 0 Å². The zero-order chi connectivity index (χ0) is 8.55. The summed E-state index contributed by atoms with van der Waals surface area (Å²) < 4.78 is 5.33. The molecular weight excluding hydrogens is 172 g/mol. The van der Waals surface area contributed by atoms with Crippen LogP contribution >= 0.6 is 11.6 Å². The molecule has 0 saturated carbocycles. The van der Waals surface area contributed by atoms with Gasteiger partial charge < -0.3 is 4.74 Å². The second-order valence-corrected chi connectivity index (χ2v) is 3.27. The van der Waals surface area contributed by atoms with Crippen LogP contribution in [0.4, 0.5) is 0 Å². The topological polar surface area (TPSA) is 9.23 Å². The van der Waals surface area contributed by atoms with Crippen molar-refractivity contribution in [3.8, 4) is 0 Å². The number of allylic oxidation sites excluding steroid dienone is 6. The van der Waals surface area contributed by atoms with Crippen molar-refractivity contribution in [2.45, 2.75) is 6.92 Å². The van der Waals surface area contributed by atoms with Crippen LogP contribution in [0.2, 0.25) is 0 Å². The van der Waals surface area contributed by atoms with Crippen LogP contribution in [-0.4, -0.2) is 0 Å². The largest absolute Gasteiger partial charge is 0.445 e. The quantitative estimate of drug-likeness (QED) is 0.557. The molecule has 0 spiro atoms. The molecule has 0 N–H and O–H groups in total. The summed E-state index contributed by atoms with van der Waals surface area (Å²) in [5.41, 5.74) is 1.20. The van der Waals surface area contributed by atoms with Crippen LogP contribution in [0.15, 0.2) is 46.9 Å². The average Bonchev–Trinajstić information content (AvgIpc) is 2.04. The first kappa shape index (κ1) is 7.69. The zero-order valence-corrected chi connectivity index (χ0v) is 7.51. The van der Waals surface area contributed by atoms with E-state index in [2.05, 4.69) is 13.0 Å². The van der Waals surface area contributed by atoms with E-state index >= 15 is 0 Å². The first-order valence-corrected chi connectivity index (χ1v) is 4.29. The Kier molecular flexibility index (Phi) is 1.81. The van der Waals surface area contributed by atoms with Gasteiger partial charge in [-0.05, 0) is 23.8 Å². The van der Waals surface area contributed by atoms with E-state index in [-0.39, 0.29) is 0 Å². The van der Waals surface area contributed by atoms with Crippen molar-refractivity contribution in [2.75, 3.05) is 0 Å². The second kappa shape index (κ2) is 2.83. The number of ether oxygens (including phenoxy) is 1. The molecular formula is C10H9ClO. The Hall–Kier alpha value is -0.950. The van der Waals surface area contributed by atoms with Crippen LogP contribution in [0.3, 0.4) is 0 Å². The Morgan fingerprint density at radius 1 is 1.33 bits per heavy atom. The van der Waals surface area contributed by atoms with Crippen molar-refractivity contribution in [3.05, 3.63) is 46.9 Å². The van der Waals surface area contributed by atoms with Gasteiger partial charge in [0, 0.05) is 11.5 Å². The highest BCUT2D eigenvalue weighted by atomic mass is 35.5. The molecule has 2 aliphatic rings. The van der Waals surface area contributed by atoms with Crippen LogP contribution in [0.1, 0.15) is 6.92 Å². The molecule has 12 heavy (non-hydrogen) atoms. The van der Waals surface area contributed by atoms with Gasteiger partial charge in [-0.1, -0.05) is 25.2 Å². The maximum absolute atomic E-state index is 5.71. The fourth-order valence-corrected chi connectivity index (χ4v) is 1.50. The molecule has 62 valence electrons. The molecule has 1 aliphatic carbocycles. The Bertz CT molecular complexity index is 321. The van der Waals surface area contributed by atoms with E-state index in [9.17, 15) is 0 Å². The van der Waals surface area contributed by atoms with Crippen LogP contribution in [-0.2, 0) is 4.74 Å². The first-order valence-electron chi connectivity index (χ1n) is 3.91. The highest BCUT2D eigenvalue weighted by Crippen LogP contribution is 2.31. The van der Waals surface area contributed by atoms with Crippen LogP contribution in [0, 0.1) is 5.92 Å². The molecule has 0 amide bonds. The Labute approximate surface area is 76.7 Å². The predicted molar refractivity (Wildman–Crippen MR) is 49.5 cm³/mol. The average molecular weight is 181 g/mol. The maximum Gasteiger partial charge on any atom is 0.193 e. The molecule has 0 bridgehead atoms. The Morgan fingerprint density at radius 3 is 3.00 bits per heavy atom. The number of halogens is 1. The highest BCUT2D eigenvalue weighted by molar-refractivity contribution is 6.28. The maximum atomic E-state index is 5.71. The van der Waals surface area contributed by atoms with Gasteiger partial charge >= 0.3 is 0 Å². The number of fused-ring (bicyclic) bond motifs is 1. The molecule has 0 fully saturated rings. The van der Waals surface area contributed by atoms with Gasteiger partial charge in [-0.2, -0.15) is 0 Å². The summed E-state index contributed by atoms with van der Waals surface area (Å²) >= 11 is 5.71. The minimum Gasteiger partial charge on any atom is -0.445 e. The van der Waals surface area contributed by atoms with Gasteiger partial charge in [-0.3, -0.25) is 0 Å². The lowest BCUT2D eigenvalue weighted by Crippen LogP contribution is -2.07. The zero-order valence-electron chi connectivity index (χ0n) is 6.75. The monoisotopic (exact) mass is 180 g/mol. The van der Waals surface area contributed by atoms with E-state index < -0.39 is 0 Å². The highest BCUT2D eigenvalue weighted by Gasteiger charge is 2.18. The van der Waals surface area contributed by atoms with E-state index in [1.807, 2.05) is 18.2 Å². The fourth-order valence-electron chi connectivity index (χ4n) is 1.36. The summed E-state index contributed by atoms with van der Waals surface area (Å²) in [5, 5.41) is 0.438. The molecule has 2 heteroatoms. The molecule has 1 nitrogen and oxygen atoms in total. The predicted octanol–water partition coefficient (Wildman–Crippen LogP) is 3.11. The van der Waals surface area contributed by atoms with E-state index in [0.29, 0.717) is 11.1 Å². The summed E-state index contributed by atoms with van der Waals surface area (Å²) in [6.07, 6.45) is 9.84. The van der Waals surface area contributed by atoms with Gasteiger partial charge in [0.15, 0.2) is 5.22 Å². The lowest BCUT2D eigenvalue weighted by Gasteiger charge is -2.21. The molecule has 0 saturated heterocycles. The van der Waals surface area contributed by atoms with Crippen molar-refractivity contribution in [1.29, 1.82) is 0 Å². The molecule has 0 radical (unpaired) electrons. The third-order valence-corrected chi connectivity index (χ3v) is 2.23. The molecule has 0 aromatic heterocycles. The fraction of sp³-hybridized carbons (Fsp3) is 0.200. The number of hydrogen-bond donors (Lipinski definition) is 0. The standard InChI is InChI=1S/C10H9ClO/c1-7-3-2-4-9-8(7)5-6-10(11)12-9/h2-7H,1H3. The van der Waals surface area contributed by atoms with Gasteiger partial charge in [-0.25, -0.2) is 0 Å². The minimum atomic E-state index is 0.422. The van der Waals surface area contributed by atoms with Gasteiger partial charge in [0.25, 0.3) is 0 Å². The summed E-state index contributed by atoms with van der Waals surface area (Å²) in [5.74, 6) is 1.29. The van der Waals surface area contributed by atoms with Crippen LogP contribution < -0.4 is 0 Å². The van der Waals surface area contributed by atoms with Crippen molar-refractivity contribution in [1.82, 2.24) is 0 Å². The van der Waals surface area contributed by atoms with Crippen molar-refractivity contribution in [3.63, 3.8) is 0 Å². The second-order valence-electron chi connectivity index (χ2n) is 2.90. The molecule has 1 heterocycles. The van der Waals surface area contributed by atoms with E-state index in [1.54, 1.807) is 6.08 Å². The van der Waals surface area contributed by atoms with Crippen molar-refractivity contribution >= 4 is 11.6 Å². The lowest BCUT2D eigenvalue weighted by molar-refractivity contribution is 0.332. The summed E-state index contributed by atoms with van der Waals surface area (Å²) in [7, 11) is 0. The minimum absolute atomic E-state index is 0.422. The number of hydrogen-bond acceptors (Lipinski definition) is 1. The van der Waals surface area contributed by atoms with Crippen LogP contribution in [0.5, 0.6) is 0 Å². The van der Waals surface area contributed by atoms with E-state index in [1.165, 1.54) is 5.57 Å². The SMILES string of the molecule is CC1C=CC=C2OC(Cl)=CC=C21. The van der Waals surface area contributed by atoms with E-state index in [4.69, 9.17) is 16.3 Å². The Morgan fingerprint density at radius 2 is 2.17 bits per heavy atom. The first-order chi connectivity index (χ1) is 5.77. The summed E-state index contributed by atoms with van der Waals surface area (Å²) in [6.45, 7) is 2.13. The van der Waals surface area contributed by atoms with Gasteiger partial charge in [0.05, 0.1) is 0 Å². The van der Waals surface area contributed by atoms with Crippen molar-refractivity contribution < 1.29 is 4.74 Å². The van der Waals surface area contributed by atoms with Crippen molar-refractivity contribution in [2.24, 2.45) is 5.92 Å². The smallest absolute Gasteiger partial charge is 0.193 e. The van der Waals surface area contributed by atoms with Crippen LogP contribution in [0.25, 0.3) is 0 Å². The molecule has 2 rings (SSSR count). The summed E-state index contributed by atoms with van der Waals surface area (Å²) in [4.78, 5) is 0. The third-order valence-electron chi connectivity index (χ3n) is 2.02. The third kappa shape index (κ3) is 1.21. The molecule has 0 aromatic carbocycles. The molecule has 1 atom stereocenters. The summed E-state index contributed by atoms with van der Waals surface area (Å²) in [6, 6.07) is 0. The molecule has 0 aromatic rings. The van der Waals surface area contributed by atoms with E-state index in [0.717, 1.165) is 5.76 Å². The molecule has 1 unspecified atom stereocenters.